The first-order valence-corrected chi connectivity index (χ1v) is 10.8. The summed E-state index contributed by atoms with van der Waals surface area (Å²) in [5.74, 6) is 0.538. The minimum Gasteiger partial charge on any atom is -0.312 e. The summed E-state index contributed by atoms with van der Waals surface area (Å²) < 4.78 is 27.9. The Morgan fingerprint density at radius 2 is 1.81 bits per heavy atom. The van der Waals surface area contributed by atoms with Crippen molar-refractivity contribution in [1.29, 1.82) is 0 Å². The third-order valence-electron chi connectivity index (χ3n) is 4.96. The zero-order chi connectivity index (χ0) is 19.6. The number of aryl methyl sites for hydroxylation is 1. The number of carbonyl (C=O) groups is 1. The highest BCUT2D eigenvalue weighted by Gasteiger charge is 2.24. The van der Waals surface area contributed by atoms with Crippen LogP contribution in [0, 0.1) is 6.92 Å². The molecule has 1 saturated heterocycles. The van der Waals surface area contributed by atoms with Crippen LogP contribution >= 0.6 is 0 Å². The Morgan fingerprint density at radius 1 is 1.11 bits per heavy atom. The Labute approximate surface area is 161 Å². The smallest absolute Gasteiger partial charge is 0.240 e. The Hall–Kier alpha value is -2.18. The van der Waals surface area contributed by atoms with Crippen molar-refractivity contribution in [3.05, 3.63) is 59.2 Å². The Balaban J connectivity index is 1.72. The molecule has 0 aromatic heterocycles. The largest absolute Gasteiger partial charge is 0.312 e. The van der Waals surface area contributed by atoms with E-state index in [0.29, 0.717) is 18.9 Å². The van der Waals surface area contributed by atoms with Crippen molar-refractivity contribution < 1.29 is 13.2 Å². The van der Waals surface area contributed by atoms with Crippen molar-refractivity contribution in [1.82, 2.24) is 4.72 Å². The topological polar surface area (TPSA) is 66.5 Å². The van der Waals surface area contributed by atoms with Crippen molar-refractivity contribution in [2.45, 2.75) is 51.0 Å². The van der Waals surface area contributed by atoms with Gasteiger partial charge < -0.3 is 4.90 Å². The van der Waals surface area contributed by atoms with Gasteiger partial charge in [0.05, 0.1) is 4.90 Å². The Bertz CT molecular complexity index is 934. The van der Waals surface area contributed by atoms with Crippen LogP contribution in [-0.2, 0) is 21.4 Å². The zero-order valence-corrected chi connectivity index (χ0v) is 16.8. The van der Waals surface area contributed by atoms with Gasteiger partial charge in [-0.2, -0.15) is 0 Å². The molecule has 144 valence electrons. The summed E-state index contributed by atoms with van der Waals surface area (Å²) >= 11 is 0. The maximum absolute atomic E-state index is 12.6. The van der Waals surface area contributed by atoms with Gasteiger partial charge in [0.25, 0.3) is 0 Å². The van der Waals surface area contributed by atoms with Gasteiger partial charge in [-0.15, -0.1) is 0 Å². The van der Waals surface area contributed by atoms with Gasteiger partial charge in [0, 0.05) is 25.2 Å². The summed E-state index contributed by atoms with van der Waals surface area (Å²) in [5, 5.41) is 0. The van der Waals surface area contributed by atoms with Crippen LogP contribution in [0.2, 0.25) is 0 Å². The van der Waals surface area contributed by atoms with Crippen LogP contribution in [-0.4, -0.2) is 20.9 Å². The molecular weight excluding hydrogens is 360 g/mol. The van der Waals surface area contributed by atoms with E-state index in [-0.39, 0.29) is 17.3 Å². The number of nitrogens with zero attached hydrogens (tertiary/aromatic N) is 1. The fourth-order valence-electron chi connectivity index (χ4n) is 3.28. The van der Waals surface area contributed by atoms with E-state index in [1.165, 1.54) is 5.56 Å². The summed E-state index contributed by atoms with van der Waals surface area (Å²) in [6.45, 7) is 7.02. The van der Waals surface area contributed by atoms with Gasteiger partial charge in [-0.25, -0.2) is 13.1 Å². The lowest BCUT2D eigenvalue weighted by Gasteiger charge is -2.19. The van der Waals surface area contributed by atoms with E-state index in [4.69, 9.17) is 0 Å². The quantitative estimate of drug-likeness (QED) is 0.823. The molecule has 0 unspecified atom stereocenters. The number of sulfonamides is 1. The number of benzene rings is 2. The lowest BCUT2D eigenvalue weighted by atomic mass is 10.0. The van der Waals surface area contributed by atoms with Crippen molar-refractivity contribution in [3.63, 3.8) is 0 Å². The molecule has 0 aliphatic carbocycles. The number of carbonyl (C=O) groups excluding carboxylic acids is 1. The summed E-state index contributed by atoms with van der Waals surface area (Å²) in [6.07, 6.45) is 1.39. The van der Waals surface area contributed by atoms with Gasteiger partial charge in [0.15, 0.2) is 0 Å². The molecule has 0 bridgehead atoms. The van der Waals surface area contributed by atoms with E-state index in [0.717, 1.165) is 23.2 Å². The normalized spacial score (nSPS) is 15.0. The molecule has 1 amide bonds. The maximum atomic E-state index is 12.6. The molecule has 0 spiro atoms. The predicted molar refractivity (Wildman–Crippen MR) is 107 cm³/mol. The standard InChI is InChI=1S/C21H26N2O3S/c1-15(2)18-8-6-17(7-9-18)14-22-27(25,26)19-10-11-20(16(3)13-19)23-12-4-5-21(23)24/h6-11,13,15,22H,4-5,12,14H2,1-3H3. The molecule has 1 N–H and O–H groups in total. The lowest BCUT2D eigenvalue weighted by Crippen LogP contribution is -2.26. The van der Waals surface area contributed by atoms with Gasteiger partial charge in [0.2, 0.25) is 15.9 Å². The van der Waals surface area contributed by atoms with Crippen LogP contribution in [0.5, 0.6) is 0 Å². The second-order valence-corrected chi connectivity index (χ2v) is 9.09. The molecule has 1 heterocycles. The lowest BCUT2D eigenvalue weighted by molar-refractivity contribution is -0.117. The average molecular weight is 387 g/mol. The van der Waals surface area contributed by atoms with Crippen molar-refractivity contribution >= 4 is 21.6 Å². The Kier molecular flexibility index (Phi) is 5.67. The van der Waals surface area contributed by atoms with Gasteiger partial charge >= 0.3 is 0 Å². The van der Waals surface area contributed by atoms with Crippen molar-refractivity contribution in [3.8, 4) is 0 Å². The molecule has 1 aliphatic heterocycles. The Morgan fingerprint density at radius 3 is 2.37 bits per heavy atom. The fourth-order valence-corrected chi connectivity index (χ4v) is 4.39. The molecule has 0 radical (unpaired) electrons. The van der Waals surface area contributed by atoms with E-state index in [9.17, 15) is 13.2 Å². The number of hydrogen-bond donors (Lipinski definition) is 1. The summed E-state index contributed by atoms with van der Waals surface area (Å²) in [6, 6.07) is 12.9. The third kappa shape index (κ3) is 4.39. The monoisotopic (exact) mass is 386 g/mol. The molecule has 2 aromatic rings. The minimum absolute atomic E-state index is 0.0941. The molecule has 6 heteroatoms. The summed E-state index contributed by atoms with van der Waals surface area (Å²) in [5.41, 5.74) is 3.72. The van der Waals surface area contributed by atoms with E-state index in [2.05, 4.69) is 18.6 Å². The third-order valence-corrected chi connectivity index (χ3v) is 6.35. The highest BCUT2D eigenvalue weighted by atomic mass is 32.2. The second kappa shape index (κ2) is 7.82. The van der Waals surface area contributed by atoms with E-state index < -0.39 is 10.0 Å². The molecular formula is C21H26N2O3S. The van der Waals surface area contributed by atoms with Gasteiger partial charge in [-0.1, -0.05) is 38.1 Å². The fraction of sp³-hybridized carbons (Fsp3) is 0.381. The molecule has 1 aliphatic rings. The number of nitrogens with one attached hydrogen (secondary N) is 1. The first-order valence-electron chi connectivity index (χ1n) is 9.27. The van der Waals surface area contributed by atoms with Crippen LogP contribution in [0.1, 0.15) is 49.3 Å². The highest BCUT2D eigenvalue weighted by Crippen LogP contribution is 2.27. The van der Waals surface area contributed by atoms with E-state index in [1.807, 2.05) is 31.2 Å². The van der Waals surface area contributed by atoms with Gasteiger partial charge in [-0.05, 0) is 54.2 Å². The van der Waals surface area contributed by atoms with Crippen LogP contribution in [0.4, 0.5) is 5.69 Å². The summed E-state index contributed by atoms with van der Waals surface area (Å²) in [4.78, 5) is 13.9. The molecule has 1 fully saturated rings. The van der Waals surface area contributed by atoms with E-state index >= 15 is 0 Å². The molecule has 2 aromatic carbocycles. The SMILES string of the molecule is Cc1cc(S(=O)(=O)NCc2ccc(C(C)C)cc2)ccc1N1CCCC1=O. The first kappa shape index (κ1) is 19.6. The number of amides is 1. The molecule has 5 nitrogen and oxygen atoms in total. The predicted octanol–water partition coefficient (Wildman–Crippen LogP) is 3.72. The van der Waals surface area contributed by atoms with E-state index in [1.54, 1.807) is 23.1 Å². The first-order chi connectivity index (χ1) is 12.8. The average Bonchev–Trinajstić information content (AvgIpc) is 3.06. The molecule has 27 heavy (non-hydrogen) atoms. The molecule has 0 atom stereocenters. The van der Waals surface area contributed by atoms with Crippen LogP contribution in [0.15, 0.2) is 47.4 Å². The minimum atomic E-state index is -3.61. The summed E-state index contributed by atoms with van der Waals surface area (Å²) in [7, 11) is -3.61. The number of anilines is 1. The van der Waals surface area contributed by atoms with Crippen molar-refractivity contribution in [2.75, 3.05) is 11.4 Å². The van der Waals surface area contributed by atoms with Crippen LogP contribution in [0.3, 0.4) is 0 Å². The van der Waals surface area contributed by atoms with Crippen LogP contribution in [0.25, 0.3) is 0 Å². The van der Waals surface area contributed by atoms with Gasteiger partial charge in [0.1, 0.15) is 0 Å². The number of rotatable bonds is 6. The van der Waals surface area contributed by atoms with Crippen LogP contribution < -0.4 is 9.62 Å². The second-order valence-electron chi connectivity index (χ2n) is 7.32. The van der Waals surface area contributed by atoms with Crippen molar-refractivity contribution in [2.24, 2.45) is 0 Å². The zero-order valence-electron chi connectivity index (χ0n) is 16.0. The highest BCUT2D eigenvalue weighted by molar-refractivity contribution is 7.89. The molecule has 3 rings (SSSR count). The maximum Gasteiger partial charge on any atom is 0.240 e. The molecule has 0 saturated carbocycles. The number of hydrogen-bond acceptors (Lipinski definition) is 3. The van der Waals surface area contributed by atoms with Gasteiger partial charge in [-0.3, -0.25) is 4.79 Å².